The average molecular weight is 424 g/mol. The van der Waals surface area contributed by atoms with Crippen molar-refractivity contribution in [2.75, 3.05) is 23.7 Å². The fourth-order valence-corrected chi connectivity index (χ4v) is 2.25. The lowest BCUT2D eigenvalue weighted by Gasteiger charge is -2.11. The molecule has 0 bridgehead atoms. The van der Waals surface area contributed by atoms with Crippen molar-refractivity contribution in [3.8, 4) is 5.75 Å². The summed E-state index contributed by atoms with van der Waals surface area (Å²) in [7, 11) is 0. The molecule has 0 aliphatic rings. The highest BCUT2D eigenvalue weighted by atomic mass is 19.4. The zero-order valence-electron chi connectivity index (χ0n) is 15.8. The summed E-state index contributed by atoms with van der Waals surface area (Å²) in [6.45, 7) is 1.96. The molecule has 2 rings (SSSR count). The minimum atomic E-state index is -4.79. The third-order valence-corrected chi connectivity index (χ3v) is 3.54. The number of hydrogen-bond donors (Lipinski definition) is 4. The van der Waals surface area contributed by atoms with E-state index in [-0.39, 0.29) is 24.0 Å². The van der Waals surface area contributed by atoms with E-state index in [0.717, 1.165) is 12.1 Å². The number of ether oxygens (including phenoxy) is 1. The van der Waals surface area contributed by atoms with Crippen LogP contribution in [0.5, 0.6) is 5.75 Å². The number of carbonyl (C=O) groups excluding carboxylic acids is 3. The largest absolute Gasteiger partial charge is 0.573 e. The van der Waals surface area contributed by atoms with Crippen molar-refractivity contribution >= 4 is 29.2 Å². The van der Waals surface area contributed by atoms with Gasteiger partial charge in [0.2, 0.25) is 5.91 Å². The minimum absolute atomic E-state index is 0.191. The van der Waals surface area contributed by atoms with Crippen LogP contribution in [0.3, 0.4) is 0 Å². The fourth-order valence-electron chi connectivity index (χ4n) is 2.25. The van der Waals surface area contributed by atoms with Gasteiger partial charge in [-0.15, -0.1) is 13.2 Å². The van der Waals surface area contributed by atoms with Gasteiger partial charge in [-0.3, -0.25) is 9.59 Å². The van der Waals surface area contributed by atoms with Gasteiger partial charge in [0.05, 0.1) is 0 Å². The van der Waals surface area contributed by atoms with E-state index in [2.05, 4.69) is 26.0 Å². The quantitative estimate of drug-likeness (QED) is 0.512. The molecule has 0 atom stereocenters. The van der Waals surface area contributed by atoms with Gasteiger partial charge in [0.1, 0.15) is 5.75 Å². The van der Waals surface area contributed by atoms with Crippen LogP contribution in [0.25, 0.3) is 0 Å². The summed E-state index contributed by atoms with van der Waals surface area (Å²) in [5, 5.41) is 10.2. The third-order valence-electron chi connectivity index (χ3n) is 3.54. The normalized spacial score (nSPS) is 10.7. The lowest BCUT2D eigenvalue weighted by Crippen LogP contribution is -2.33. The highest BCUT2D eigenvalue weighted by molar-refractivity contribution is 6.00. The molecule has 0 saturated carbocycles. The second kappa shape index (κ2) is 10.1. The smallest absolute Gasteiger partial charge is 0.406 e. The lowest BCUT2D eigenvalue weighted by atomic mass is 10.2. The van der Waals surface area contributed by atoms with Gasteiger partial charge < -0.3 is 26.0 Å². The van der Waals surface area contributed by atoms with Crippen LogP contribution in [0.4, 0.5) is 29.3 Å². The van der Waals surface area contributed by atoms with Crippen LogP contribution < -0.4 is 26.0 Å². The monoisotopic (exact) mass is 424 g/mol. The molecule has 0 aliphatic heterocycles. The third kappa shape index (κ3) is 8.09. The highest BCUT2D eigenvalue weighted by Gasteiger charge is 2.30. The van der Waals surface area contributed by atoms with E-state index in [1.165, 1.54) is 43.3 Å². The predicted octanol–water partition coefficient (Wildman–Crippen LogP) is 3.10. The zero-order chi connectivity index (χ0) is 22.1. The highest BCUT2D eigenvalue weighted by Crippen LogP contribution is 2.24. The van der Waals surface area contributed by atoms with Crippen molar-refractivity contribution in [2.24, 2.45) is 0 Å². The number of alkyl halides is 3. The van der Waals surface area contributed by atoms with Gasteiger partial charge in [-0.25, -0.2) is 4.79 Å². The molecule has 11 heteroatoms. The van der Waals surface area contributed by atoms with Crippen LogP contribution in [0.1, 0.15) is 17.3 Å². The molecule has 160 valence electrons. The Labute approximate surface area is 169 Å². The fraction of sp³-hybridized carbons (Fsp3) is 0.211. The summed E-state index contributed by atoms with van der Waals surface area (Å²) in [5.41, 5.74) is 1.03. The number of halogens is 3. The molecular formula is C19H19F3N4O4. The number of nitrogens with one attached hydrogen (secondary N) is 4. The summed E-state index contributed by atoms with van der Waals surface area (Å²) in [6.07, 6.45) is -4.79. The minimum Gasteiger partial charge on any atom is -0.406 e. The summed E-state index contributed by atoms with van der Waals surface area (Å²) >= 11 is 0. The maximum Gasteiger partial charge on any atom is 0.573 e. The van der Waals surface area contributed by atoms with E-state index in [1.807, 2.05) is 0 Å². The molecule has 4 amide bonds. The molecule has 0 heterocycles. The van der Waals surface area contributed by atoms with Crippen molar-refractivity contribution in [1.29, 1.82) is 0 Å². The van der Waals surface area contributed by atoms with Gasteiger partial charge in [-0.1, -0.05) is 0 Å². The molecule has 0 aromatic heterocycles. The molecule has 0 unspecified atom stereocenters. The van der Waals surface area contributed by atoms with Gasteiger partial charge in [0.15, 0.2) is 0 Å². The van der Waals surface area contributed by atoms with Crippen LogP contribution in [-0.4, -0.2) is 37.3 Å². The molecule has 2 aromatic rings. The number of anilines is 2. The second-order valence-corrected chi connectivity index (χ2v) is 5.97. The predicted molar refractivity (Wildman–Crippen MR) is 103 cm³/mol. The number of benzene rings is 2. The Morgan fingerprint density at radius 2 is 1.33 bits per heavy atom. The number of amides is 4. The number of rotatable bonds is 7. The lowest BCUT2D eigenvalue weighted by molar-refractivity contribution is -0.274. The summed E-state index contributed by atoms with van der Waals surface area (Å²) < 4.78 is 40.2. The molecular weight excluding hydrogens is 405 g/mol. The van der Waals surface area contributed by atoms with Crippen LogP contribution >= 0.6 is 0 Å². The summed E-state index contributed by atoms with van der Waals surface area (Å²) in [6, 6.07) is 10.1. The first-order valence-corrected chi connectivity index (χ1v) is 8.69. The first kappa shape index (κ1) is 22.5. The Bertz CT molecular complexity index is 884. The van der Waals surface area contributed by atoms with Crippen LogP contribution in [-0.2, 0) is 4.79 Å². The first-order chi connectivity index (χ1) is 14.1. The maximum absolute atomic E-state index is 12.1. The van der Waals surface area contributed by atoms with Crippen molar-refractivity contribution in [2.45, 2.75) is 13.3 Å². The Morgan fingerprint density at radius 1 is 0.833 bits per heavy atom. The van der Waals surface area contributed by atoms with Crippen molar-refractivity contribution in [1.82, 2.24) is 10.6 Å². The standard InChI is InChI=1S/C19H19F3N4O4/c1-12(27)23-10-11-24-17(28)13-2-4-14(5-3-13)25-18(29)26-15-6-8-16(9-7-15)30-19(20,21)22/h2-9H,10-11H2,1H3,(H,23,27)(H,24,28)(H2,25,26,29). The van der Waals surface area contributed by atoms with Crippen LogP contribution in [0.15, 0.2) is 48.5 Å². The molecule has 0 fully saturated rings. The topological polar surface area (TPSA) is 109 Å². The van der Waals surface area contributed by atoms with Crippen molar-refractivity contribution in [3.63, 3.8) is 0 Å². The second-order valence-electron chi connectivity index (χ2n) is 5.97. The number of urea groups is 1. The Balaban J connectivity index is 1.82. The Kier molecular flexibility index (Phi) is 7.62. The zero-order valence-corrected chi connectivity index (χ0v) is 15.8. The Morgan fingerprint density at radius 3 is 1.83 bits per heavy atom. The molecule has 0 spiro atoms. The molecule has 4 N–H and O–H groups in total. The van der Waals surface area contributed by atoms with Gasteiger partial charge in [0.25, 0.3) is 5.91 Å². The maximum atomic E-state index is 12.1. The van der Waals surface area contributed by atoms with Crippen LogP contribution in [0, 0.1) is 0 Å². The molecule has 8 nitrogen and oxygen atoms in total. The van der Waals surface area contributed by atoms with E-state index in [0.29, 0.717) is 17.8 Å². The van der Waals surface area contributed by atoms with Crippen molar-refractivity contribution < 1.29 is 32.3 Å². The number of carbonyl (C=O) groups is 3. The summed E-state index contributed by atoms with van der Waals surface area (Å²) in [4.78, 5) is 34.7. The molecule has 0 radical (unpaired) electrons. The molecule has 30 heavy (non-hydrogen) atoms. The van der Waals surface area contributed by atoms with Crippen molar-refractivity contribution in [3.05, 3.63) is 54.1 Å². The SMILES string of the molecule is CC(=O)NCCNC(=O)c1ccc(NC(=O)Nc2ccc(OC(F)(F)F)cc2)cc1. The van der Waals surface area contributed by atoms with Crippen LogP contribution in [0.2, 0.25) is 0 Å². The first-order valence-electron chi connectivity index (χ1n) is 8.69. The van der Waals surface area contributed by atoms with Gasteiger partial charge >= 0.3 is 12.4 Å². The van der Waals surface area contributed by atoms with E-state index >= 15 is 0 Å². The van der Waals surface area contributed by atoms with Gasteiger partial charge in [-0.05, 0) is 48.5 Å². The van der Waals surface area contributed by atoms with E-state index in [4.69, 9.17) is 0 Å². The van der Waals surface area contributed by atoms with Gasteiger partial charge in [0, 0.05) is 37.0 Å². The summed E-state index contributed by atoms with van der Waals surface area (Å²) in [5.74, 6) is -0.930. The molecule has 0 aliphatic carbocycles. The van der Waals surface area contributed by atoms with E-state index < -0.39 is 18.1 Å². The van der Waals surface area contributed by atoms with Gasteiger partial charge in [-0.2, -0.15) is 0 Å². The molecule has 0 saturated heterocycles. The van der Waals surface area contributed by atoms with E-state index in [9.17, 15) is 27.6 Å². The van der Waals surface area contributed by atoms with E-state index in [1.54, 1.807) is 0 Å². The average Bonchev–Trinajstić information content (AvgIpc) is 2.66. The molecule has 2 aromatic carbocycles. The number of hydrogen-bond acceptors (Lipinski definition) is 4. The Hall–Kier alpha value is -3.76.